The maximum Gasteiger partial charge on any atom is 0.335 e. The van der Waals surface area contributed by atoms with E-state index in [1.165, 1.54) is 45.8 Å². The summed E-state index contributed by atoms with van der Waals surface area (Å²) in [4.78, 5) is 51.7. The quantitative estimate of drug-likeness (QED) is 0.159. The van der Waals surface area contributed by atoms with Crippen molar-refractivity contribution >= 4 is 11.9 Å². The van der Waals surface area contributed by atoms with Crippen LogP contribution in [0.5, 0.6) is 11.5 Å². The number of hydrogen-bond acceptors (Lipinski definition) is 6. The zero-order valence-corrected chi connectivity index (χ0v) is 25.2. The molecule has 4 N–H and O–H groups in total. The Labute approximate surface area is 262 Å². The van der Waals surface area contributed by atoms with Crippen molar-refractivity contribution in [2.75, 3.05) is 13.2 Å². The highest BCUT2D eigenvalue weighted by atomic mass is 16.5. The first-order chi connectivity index (χ1) is 22.0. The van der Waals surface area contributed by atoms with Crippen LogP contribution in [0.3, 0.4) is 0 Å². The van der Waals surface area contributed by atoms with Crippen molar-refractivity contribution in [3.05, 3.63) is 127 Å². The lowest BCUT2D eigenvalue weighted by atomic mass is 9.85. The van der Waals surface area contributed by atoms with Gasteiger partial charge in [-0.05, 0) is 74.9 Å². The van der Waals surface area contributed by atoms with E-state index in [4.69, 9.17) is 15.9 Å². The predicted octanol–water partition coefficient (Wildman–Crippen LogP) is 4.25. The van der Waals surface area contributed by atoms with Gasteiger partial charge in [0, 0.05) is 17.3 Å². The Balaban J connectivity index is 1.77. The Kier molecular flexibility index (Phi) is 8.68. The maximum atomic E-state index is 14.2. The monoisotopic (exact) mass is 622 g/mol. The molecule has 0 aliphatic rings. The number of H-pyrrole nitrogens is 2. The fourth-order valence-electron chi connectivity index (χ4n) is 5.41. The molecular weight excluding hydrogens is 592 g/mol. The number of aryl methyl sites for hydroxylation is 2. The molecule has 0 atom stereocenters. The maximum absolute atomic E-state index is 14.2. The number of carbonyl (C=O) groups is 2. The SMILES string of the molecule is C#CCOc1ccc(C(c2c(C)[nH]n(-c3cccc(C(=O)O)c3)c2=O)c2c(C)[nH]n(-c3cccc(C(=O)O)c3)c2=O)cc1OCC. The molecule has 0 bridgehead atoms. The molecule has 2 aromatic heterocycles. The molecule has 2 heterocycles. The predicted molar refractivity (Wildman–Crippen MR) is 169 cm³/mol. The smallest absolute Gasteiger partial charge is 0.335 e. The normalized spacial score (nSPS) is 10.9. The van der Waals surface area contributed by atoms with E-state index in [1.807, 2.05) is 0 Å². The first-order valence-electron chi connectivity index (χ1n) is 14.2. The molecule has 12 nitrogen and oxygen atoms in total. The molecule has 0 radical (unpaired) electrons. The van der Waals surface area contributed by atoms with Gasteiger partial charge in [-0.25, -0.2) is 19.0 Å². The number of nitrogens with one attached hydrogen (secondary N) is 2. The first kappa shape index (κ1) is 31.2. The van der Waals surface area contributed by atoms with Crippen molar-refractivity contribution in [1.29, 1.82) is 0 Å². The molecule has 234 valence electrons. The Bertz CT molecular complexity index is 2010. The molecule has 5 aromatic rings. The molecule has 5 rings (SSSR count). The number of nitrogens with zero attached hydrogens (tertiary/aromatic N) is 2. The van der Waals surface area contributed by atoms with Gasteiger partial charge in [-0.2, -0.15) is 0 Å². The van der Waals surface area contributed by atoms with E-state index in [-0.39, 0.29) is 28.9 Å². The fourth-order valence-corrected chi connectivity index (χ4v) is 5.41. The third kappa shape index (κ3) is 5.81. The largest absolute Gasteiger partial charge is 0.490 e. The van der Waals surface area contributed by atoms with Gasteiger partial charge in [0.1, 0.15) is 6.61 Å². The Hall–Kier alpha value is -6.22. The lowest BCUT2D eigenvalue weighted by Crippen LogP contribution is -2.25. The molecule has 0 saturated carbocycles. The molecule has 12 heteroatoms. The lowest BCUT2D eigenvalue weighted by Gasteiger charge is -2.18. The number of aromatic amines is 2. The summed E-state index contributed by atoms with van der Waals surface area (Å²) in [7, 11) is 0. The number of carboxylic acid groups (broad SMARTS) is 2. The van der Waals surface area contributed by atoms with Crippen LogP contribution < -0.4 is 20.6 Å². The van der Waals surface area contributed by atoms with Gasteiger partial charge in [-0.15, -0.1) is 6.42 Å². The highest BCUT2D eigenvalue weighted by Crippen LogP contribution is 2.37. The highest BCUT2D eigenvalue weighted by Gasteiger charge is 2.32. The third-order valence-corrected chi connectivity index (χ3v) is 7.43. The number of ether oxygens (including phenoxy) is 2. The topological polar surface area (TPSA) is 169 Å². The standard InChI is InChI=1S/C34H30N4O8/c1-5-15-46-26-14-13-21(18-27(26)45-6-2)30(28-19(3)35-37(31(28)39)24-11-7-9-22(16-24)33(41)42)29-20(4)36-38(32(29)40)25-12-8-10-23(17-25)34(43)44/h1,7-14,16-18,30,35-36H,6,15H2,2-4H3,(H,41,42)(H,43,44). The Morgan fingerprint density at radius 1 is 0.804 bits per heavy atom. The minimum atomic E-state index is -1.15. The van der Waals surface area contributed by atoms with E-state index in [2.05, 4.69) is 16.1 Å². The first-order valence-corrected chi connectivity index (χ1v) is 14.2. The van der Waals surface area contributed by atoms with Gasteiger partial charge in [-0.1, -0.05) is 24.1 Å². The molecule has 0 fully saturated rings. The zero-order chi connectivity index (χ0) is 33.1. The summed E-state index contributed by atoms with van der Waals surface area (Å²) in [6.07, 6.45) is 5.39. The number of carboxylic acids is 2. The summed E-state index contributed by atoms with van der Waals surface area (Å²) < 4.78 is 14.0. The summed E-state index contributed by atoms with van der Waals surface area (Å²) in [5.41, 5.74) is 1.40. The molecule has 46 heavy (non-hydrogen) atoms. The number of aromatic carboxylic acids is 2. The van der Waals surface area contributed by atoms with Crippen LogP contribution in [0, 0.1) is 26.2 Å². The molecular formula is C34H30N4O8. The van der Waals surface area contributed by atoms with Crippen LogP contribution in [-0.4, -0.2) is 54.9 Å². The van der Waals surface area contributed by atoms with Crippen LogP contribution in [0.4, 0.5) is 0 Å². The summed E-state index contributed by atoms with van der Waals surface area (Å²) in [6, 6.07) is 16.9. The van der Waals surface area contributed by atoms with Gasteiger partial charge in [0.15, 0.2) is 11.5 Å². The van der Waals surface area contributed by atoms with Gasteiger partial charge >= 0.3 is 11.9 Å². The van der Waals surface area contributed by atoms with Crippen molar-refractivity contribution in [1.82, 2.24) is 19.6 Å². The number of rotatable bonds is 11. The van der Waals surface area contributed by atoms with E-state index in [0.29, 0.717) is 46.4 Å². The summed E-state index contributed by atoms with van der Waals surface area (Å²) in [5, 5.41) is 25.1. The summed E-state index contributed by atoms with van der Waals surface area (Å²) in [6.45, 7) is 5.47. The fraction of sp³-hybridized carbons (Fsp3) is 0.176. The van der Waals surface area contributed by atoms with E-state index in [1.54, 1.807) is 51.1 Å². The van der Waals surface area contributed by atoms with Gasteiger partial charge in [0.25, 0.3) is 11.1 Å². The molecule has 0 amide bonds. The number of terminal acetylenes is 1. The minimum Gasteiger partial charge on any atom is -0.490 e. The van der Waals surface area contributed by atoms with Crippen LogP contribution in [0.15, 0.2) is 76.3 Å². The van der Waals surface area contributed by atoms with E-state index in [9.17, 15) is 29.4 Å². The second-order valence-electron chi connectivity index (χ2n) is 10.4. The van der Waals surface area contributed by atoms with Gasteiger partial charge < -0.3 is 19.7 Å². The van der Waals surface area contributed by atoms with Crippen molar-refractivity contribution < 1.29 is 29.3 Å². The molecule has 3 aromatic carbocycles. The van der Waals surface area contributed by atoms with Crippen molar-refractivity contribution in [3.63, 3.8) is 0 Å². The number of hydrogen-bond donors (Lipinski definition) is 4. The van der Waals surface area contributed by atoms with E-state index < -0.39 is 29.0 Å². The summed E-state index contributed by atoms with van der Waals surface area (Å²) in [5.74, 6) is -0.112. The number of benzene rings is 3. The molecule has 0 aliphatic carbocycles. The molecule has 0 saturated heterocycles. The van der Waals surface area contributed by atoms with Crippen molar-refractivity contribution in [2.45, 2.75) is 26.7 Å². The minimum absolute atomic E-state index is 0.00306. The lowest BCUT2D eigenvalue weighted by molar-refractivity contribution is 0.0686. The van der Waals surface area contributed by atoms with Crippen LogP contribution in [0.25, 0.3) is 11.4 Å². The molecule has 0 spiro atoms. The second-order valence-corrected chi connectivity index (χ2v) is 10.4. The summed E-state index contributed by atoms with van der Waals surface area (Å²) >= 11 is 0. The average molecular weight is 623 g/mol. The average Bonchev–Trinajstić information content (AvgIpc) is 3.51. The Morgan fingerprint density at radius 3 is 1.78 bits per heavy atom. The van der Waals surface area contributed by atoms with Crippen LogP contribution >= 0.6 is 0 Å². The van der Waals surface area contributed by atoms with Crippen LogP contribution in [0.1, 0.15) is 61.6 Å². The van der Waals surface area contributed by atoms with Crippen molar-refractivity contribution in [2.24, 2.45) is 0 Å². The highest BCUT2D eigenvalue weighted by molar-refractivity contribution is 5.88. The number of aromatic nitrogens is 4. The van der Waals surface area contributed by atoms with Crippen molar-refractivity contribution in [3.8, 4) is 35.2 Å². The zero-order valence-electron chi connectivity index (χ0n) is 25.2. The van der Waals surface area contributed by atoms with Gasteiger partial charge in [0.05, 0.1) is 40.2 Å². The van der Waals surface area contributed by atoms with E-state index >= 15 is 0 Å². The third-order valence-electron chi connectivity index (χ3n) is 7.43. The second kappa shape index (κ2) is 12.8. The van der Waals surface area contributed by atoms with Crippen LogP contribution in [0.2, 0.25) is 0 Å². The van der Waals surface area contributed by atoms with E-state index in [0.717, 1.165) is 0 Å². The van der Waals surface area contributed by atoms with Gasteiger partial charge in [-0.3, -0.25) is 19.8 Å². The molecule has 0 aliphatic heterocycles. The Morgan fingerprint density at radius 2 is 1.33 bits per heavy atom. The molecule has 0 unspecified atom stereocenters. The van der Waals surface area contributed by atoms with Crippen LogP contribution in [-0.2, 0) is 0 Å². The van der Waals surface area contributed by atoms with Gasteiger partial charge in [0.2, 0.25) is 0 Å².